The highest BCUT2D eigenvalue weighted by molar-refractivity contribution is 9.09. The Labute approximate surface area is 132 Å². The van der Waals surface area contributed by atoms with Crippen LogP contribution in [0, 0.1) is 5.92 Å². The van der Waals surface area contributed by atoms with Crippen LogP contribution in [0.3, 0.4) is 0 Å². The molecule has 0 N–H and O–H groups in total. The molecule has 0 spiro atoms. The summed E-state index contributed by atoms with van der Waals surface area (Å²) in [4.78, 5) is 0.462. The molecule has 0 saturated heterocycles. The summed E-state index contributed by atoms with van der Waals surface area (Å²) in [5, 5.41) is 0. The number of benzene rings is 1. The molecule has 0 bridgehead atoms. The molecule has 1 aliphatic heterocycles. The first kappa shape index (κ1) is 15.9. The zero-order valence-corrected chi connectivity index (χ0v) is 14.8. The Kier molecular flexibility index (Phi) is 5.17. The topological polar surface area (TPSA) is 9.23 Å². The van der Waals surface area contributed by atoms with Gasteiger partial charge in [-0.2, -0.15) is 0 Å². The first-order valence-corrected chi connectivity index (χ1v) is 8.82. The molecule has 0 radical (unpaired) electrons. The molecule has 0 aromatic heterocycles. The normalized spacial score (nSPS) is 17.9. The number of halogens is 1. The van der Waals surface area contributed by atoms with Crippen LogP contribution in [0.4, 0.5) is 0 Å². The largest absolute Gasteiger partial charge is 0.492 e. The van der Waals surface area contributed by atoms with Crippen LogP contribution in [0.1, 0.15) is 69.3 Å². The van der Waals surface area contributed by atoms with Crippen molar-refractivity contribution >= 4 is 15.9 Å². The monoisotopic (exact) mass is 338 g/mol. The molecular weight excluding hydrogens is 312 g/mol. The van der Waals surface area contributed by atoms with Crippen molar-refractivity contribution in [2.45, 2.75) is 63.6 Å². The van der Waals surface area contributed by atoms with E-state index in [1.165, 1.54) is 36.8 Å². The van der Waals surface area contributed by atoms with Gasteiger partial charge in [0.1, 0.15) is 5.75 Å². The summed E-state index contributed by atoms with van der Waals surface area (Å²) in [6.45, 7) is 9.89. The molecule has 0 fully saturated rings. The van der Waals surface area contributed by atoms with Gasteiger partial charge in [-0.3, -0.25) is 0 Å². The fourth-order valence-electron chi connectivity index (χ4n) is 3.16. The van der Waals surface area contributed by atoms with Crippen molar-refractivity contribution in [2.24, 2.45) is 5.92 Å². The van der Waals surface area contributed by atoms with Gasteiger partial charge >= 0.3 is 0 Å². The zero-order valence-electron chi connectivity index (χ0n) is 13.2. The second kappa shape index (κ2) is 6.51. The van der Waals surface area contributed by atoms with Crippen LogP contribution in [0.25, 0.3) is 0 Å². The molecule has 2 rings (SSSR count). The molecule has 1 heterocycles. The van der Waals surface area contributed by atoms with Crippen LogP contribution in [0.2, 0.25) is 0 Å². The number of alkyl halides is 1. The molecule has 0 amide bonds. The van der Waals surface area contributed by atoms with Crippen molar-refractivity contribution in [3.05, 3.63) is 29.3 Å². The van der Waals surface area contributed by atoms with E-state index in [0.29, 0.717) is 4.83 Å². The maximum Gasteiger partial charge on any atom is 0.123 e. The minimum Gasteiger partial charge on any atom is -0.492 e. The number of hydrogen-bond donors (Lipinski definition) is 0. The maximum absolute atomic E-state index is 5.79. The van der Waals surface area contributed by atoms with E-state index in [0.717, 1.165) is 18.3 Å². The van der Waals surface area contributed by atoms with Crippen LogP contribution >= 0.6 is 15.9 Å². The Morgan fingerprint density at radius 1 is 1.20 bits per heavy atom. The summed E-state index contributed by atoms with van der Waals surface area (Å²) in [6.07, 6.45) is 5.10. The molecule has 1 nitrogen and oxygen atoms in total. The van der Waals surface area contributed by atoms with Gasteiger partial charge in [-0.15, -0.1) is 0 Å². The van der Waals surface area contributed by atoms with Gasteiger partial charge in [0.15, 0.2) is 0 Å². The van der Waals surface area contributed by atoms with E-state index >= 15 is 0 Å². The lowest BCUT2D eigenvalue weighted by molar-refractivity contribution is 0.291. The molecular formula is C18H27BrO. The minimum atomic E-state index is 0.142. The summed E-state index contributed by atoms with van der Waals surface area (Å²) >= 11 is 3.96. The van der Waals surface area contributed by atoms with Gasteiger partial charge < -0.3 is 4.74 Å². The summed E-state index contributed by atoms with van der Waals surface area (Å²) in [6, 6.07) is 6.75. The van der Waals surface area contributed by atoms with Crippen molar-refractivity contribution in [3.8, 4) is 5.75 Å². The Bertz CT molecular complexity index is 447. The van der Waals surface area contributed by atoms with E-state index in [1.807, 2.05) is 0 Å². The van der Waals surface area contributed by atoms with Gasteiger partial charge in [0, 0.05) is 15.8 Å². The Balaban J connectivity index is 2.24. The first-order chi connectivity index (χ1) is 9.49. The van der Waals surface area contributed by atoms with Crippen molar-refractivity contribution in [1.82, 2.24) is 0 Å². The first-order valence-electron chi connectivity index (χ1n) is 7.91. The van der Waals surface area contributed by atoms with Crippen molar-refractivity contribution in [3.63, 3.8) is 0 Å². The second-order valence-electron chi connectivity index (χ2n) is 6.67. The third kappa shape index (κ3) is 3.21. The van der Waals surface area contributed by atoms with Crippen molar-refractivity contribution in [2.75, 3.05) is 6.61 Å². The predicted octanol–water partition coefficient (Wildman–Crippen LogP) is 6.01. The smallest absolute Gasteiger partial charge is 0.123 e. The molecule has 20 heavy (non-hydrogen) atoms. The average Bonchev–Trinajstić information content (AvgIpc) is 2.73. The zero-order chi connectivity index (χ0) is 14.8. The van der Waals surface area contributed by atoms with Gasteiger partial charge in [0.05, 0.1) is 6.61 Å². The summed E-state index contributed by atoms with van der Waals surface area (Å²) < 4.78 is 5.79. The highest BCUT2D eigenvalue weighted by atomic mass is 79.9. The average molecular weight is 339 g/mol. The van der Waals surface area contributed by atoms with E-state index in [-0.39, 0.29) is 5.41 Å². The van der Waals surface area contributed by atoms with Gasteiger partial charge in [-0.05, 0) is 30.4 Å². The third-order valence-corrected chi connectivity index (χ3v) is 5.65. The fourth-order valence-corrected chi connectivity index (χ4v) is 3.97. The quantitative estimate of drug-likeness (QED) is 0.577. The molecule has 1 atom stereocenters. The van der Waals surface area contributed by atoms with Crippen LogP contribution in [-0.4, -0.2) is 6.61 Å². The number of ether oxygens (including phenoxy) is 1. The molecule has 1 aromatic rings. The van der Waals surface area contributed by atoms with Gasteiger partial charge in [-0.1, -0.05) is 68.6 Å². The van der Waals surface area contributed by atoms with E-state index in [1.54, 1.807) is 0 Å². The van der Waals surface area contributed by atoms with Crippen molar-refractivity contribution < 1.29 is 4.74 Å². The lowest BCUT2D eigenvalue weighted by atomic mass is 9.84. The molecule has 2 heteroatoms. The van der Waals surface area contributed by atoms with E-state index in [4.69, 9.17) is 4.74 Å². The van der Waals surface area contributed by atoms with Crippen molar-refractivity contribution in [1.29, 1.82) is 0 Å². The molecule has 112 valence electrons. The molecule has 1 aromatic carbocycles. The molecule has 1 unspecified atom stereocenters. The van der Waals surface area contributed by atoms with Crippen LogP contribution in [0.5, 0.6) is 5.75 Å². The molecule has 0 aliphatic carbocycles. The Morgan fingerprint density at radius 3 is 2.45 bits per heavy atom. The second-order valence-corrected chi connectivity index (χ2v) is 7.65. The van der Waals surface area contributed by atoms with E-state index in [9.17, 15) is 0 Å². The van der Waals surface area contributed by atoms with Gasteiger partial charge in [0.25, 0.3) is 0 Å². The number of fused-ring (bicyclic) bond motifs is 1. The lowest BCUT2D eigenvalue weighted by Gasteiger charge is -2.23. The highest BCUT2D eigenvalue weighted by Gasteiger charge is 2.32. The van der Waals surface area contributed by atoms with Crippen LogP contribution in [0.15, 0.2) is 18.2 Å². The van der Waals surface area contributed by atoms with Crippen LogP contribution < -0.4 is 4.74 Å². The Morgan fingerprint density at radius 2 is 1.85 bits per heavy atom. The number of rotatable bonds is 6. The third-order valence-electron chi connectivity index (χ3n) is 4.37. The maximum atomic E-state index is 5.79. The summed E-state index contributed by atoms with van der Waals surface area (Å²) in [5.41, 5.74) is 2.92. The summed E-state index contributed by atoms with van der Waals surface area (Å²) in [5.74, 6) is 1.80. The highest BCUT2D eigenvalue weighted by Crippen LogP contribution is 2.43. The van der Waals surface area contributed by atoms with E-state index < -0.39 is 0 Å². The van der Waals surface area contributed by atoms with E-state index in [2.05, 4.69) is 61.8 Å². The molecule has 0 saturated carbocycles. The fraction of sp³-hybridized carbons (Fsp3) is 0.667. The SMILES string of the molecule is CCCC(CCC)C(Br)c1ccc2c(c1)C(C)(C)CO2. The van der Waals surface area contributed by atoms with Gasteiger partial charge in [0.2, 0.25) is 0 Å². The Hall–Kier alpha value is -0.500. The predicted molar refractivity (Wildman–Crippen MR) is 89.9 cm³/mol. The minimum absolute atomic E-state index is 0.142. The number of hydrogen-bond acceptors (Lipinski definition) is 1. The summed E-state index contributed by atoms with van der Waals surface area (Å²) in [7, 11) is 0. The standard InChI is InChI=1S/C18H27BrO/c1-5-7-13(8-6-2)17(19)14-9-10-16-15(11-14)18(3,4)12-20-16/h9-11,13,17H,5-8,12H2,1-4H3. The lowest BCUT2D eigenvalue weighted by Crippen LogP contribution is -2.18. The van der Waals surface area contributed by atoms with Gasteiger partial charge in [-0.25, -0.2) is 0 Å². The van der Waals surface area contributed by atoms with Crippen LogP contribution in [-0.2, 0) is 5.41 Å². The molecule has 1 aliphatic rings.